The molecular weight excluding hydrogens is 592 g/mol. The number of fused-ring (bicyclic) bond motifs is 1. The smallest absolute Gasteiger partial charge is 0.420 e. The number of nitrogens with zero attached hydrogens (tertiary/aromatic N) is 4. The first-order chi connectivity index (χ1) is 21.4. The Kier molecular flexibility index (Phi) is 15.4. The number of aromatic nitrogens is 3. The van der Waals surface area contributed by atoms with E-state index in [1.54, 1.807) is 66.3 Å². The summed E-state index contributed by atoms with van der Waals surface area (Å²) in [6.45, 7) is 10.9. The third-order valence-electron chi connectivity index (χ3n) is 5.61. The van der Waals surface area contributed by atoms with Crippen LogP contribution in [0.4, 0.5) is 15.3 Å². The van der Waals surface area contributed by atoms with Gasteiger partial charge in [-0.25, -0.2) is 19.1 Å². The Bertz CT molecular complexity index is 1540. The first-order valence-corrected chi connectivity index (χ1v) is 14.8. The second kappa shape index (κ2) is 18.1. The number of hydrogen-bond acceptors (Lipinski definition) is 9. The highest BCUT2D eigenvalue weighted by Crippen LogP contribution is 2.19. The van der Waals surface area contributed by atoms with Crippen molar-refractivity contribution in [2.24, 2.45) is 5.73 Å². The monoisotopic (exact) mass is 640 g/mol. The van der Waals surface area contributed by atoms with Gasteiger partial charge in [0.1, 0.15) is 29.0 Å². The van der Waals surface area contributed by atoms with Crippen molar-refractivity contribution in [1.82, 2.24) is 19.0 Å². The Labute approximate surface area is 270 Å². The number of pyridine rings is 1. The number of anilines is 1. The zero-order valence-corrected chi connectivity index (χ0v) is 28.3. The van der Waals surface area contributed by atoms with Crippen molar-refractivity contribution < 1.29 is 28.7 Å². The Morgan fingerprint density at radius 1 is 0.978 bits per heavy atom. The molecule has 0 bridgehead atoms. The number of likely N-dealkylation sites (N-methyl/N-ethyl adjacent to an activating group) is 1. The Hall–Kier alpha value is -4.94. The Morgan fingerprint density at radius 2 is 1.61 bits per heavy atom. The molecule has 46 heavy (non-hydrogen) atoms. The fraction of sp³-hybridized carbons (Fsp3) is 0.455. The molecule has 0 radical (unpaired) electrons. The highest BCUT2D eigenvalue weighted by atomic mass is 16.6. The molecule has 0 saturated carbocycles. The number of benzene rings is 1. The maximum Gasteiger partial charge on any atom is 0.420 e. The van der Waals surface area contributed by atoms with E-state index in [1.807, 2.05) is 45.0 Å². The fourth-order valence-corrected chi connectivity index (χ4v) is 3.65. The van der Waals surface area contributed by atoms with Crippen molar-refractivity contribution in [2.75, 3.05) is 26.5 Å². The number of carbonyl (C=O) groups excluding carboxylic acids is 4. The maximum atomic E-state index is 12.8. The Balaban J connectivity index is 0.000000439. The van der Waals surface area contributed by atoms with Gasteiger partial charge in [-0.1, -0.05) is 18.2 Å². The van der Waals surface area contributed by atoms with Crippen molar-refractivity contribution in [3.63, 3.8) is 0 Å². The summed E-state index contributed by atoms with van der Waals surface area (Å²) in [5.74, 6) is 0.428. The molecule has 0 fully saturated rings. The molecule has 0 spiro atoms. The van der Waals surface area contributed by atoms with Crippen LogP contribution in [-0.2, 0) is 25.6 Å². The zero-order chi connectivity index (χ0) is 35.1. The van der Waals surface area contributed by atoms with E-state index in [0.717, 1.165) is 19.1 Å². The van der Waals surface area contributed by atoms with Crippen LogP contribution in [0.3, 0.4) is 0 Å². The van der Waals surface area contributed by atoms with E-state index < -0.39 is 23.4 Å². The number of para-hydroxylation sites is 2. The number of carbonyl (C=O) groups is 4. The molecule has 3 rings (SSSR count). The molecule has 0 aliphatic carbocycles. The molecule has 3 N–H and O–H groups in total. The van der Waals surface area contributed by atoms with Crippen molar-refractivity contribution in [1.29, 1.82) is 0 Å². The van der Waals surface area contributed by atoms with Gasteiger partial charge in [0.15, 0.2) is 0 Å². The molecular formula is C33H48N6O7. The van der Waals surface area contributed by atoms with E-state index in [1.165, 1.54) is 20.1 Å². The lowest BCUT2D eigenvalue weighted by atomic mass is 10.2. The van der Waals surface area contributed by atoms with Crippen molar-refractivity contribution >= 4 is 41.1 Å². The summed E-state index contributed by atoms with van der Waals surface area (Å²) in [5, 5.41) is 2.86. The van der Waals surface area contributed by atoms with Gasteiger partial charge in [0.2, 0.25) is 5.91 Å². The van der Waals surface area contributed by atoms with E-state index in [4.69, 9.17) is 10.5 Å². The highest BCUT2D eigenvalue weighted by Gasteiger charge is 2.23. The number of unbranched alkanes of at least 4 members (excludes halogenated alkanes) is 2. The SMILES string of the molecule is CC(C)(C)OC(N)=O.CN(C)C(=O)/C=C/CCCC=O.CNc1cccn(Cc2nc3ccccc3n2C(=O)OC(C)(C)C)c1=O. The summed E-state index contributed by atoms with van der Waals surface area (Å²) < 4.78 is 13.0. The Morgan fingerprint density at radius 3 is 2.13 bits per heavy atom. The lowest BCUT2D eigenvalue weighted by molar-refractivity contribution is -0.123. The number of imidazole rings is 1. The number of ether oxygens (including phenoxy) is 2. The van der Waals surface area contributed by atoms with Gasteiger partial charge < -0.3 is 34.8 Å². The summed E-state index contributed by atoms with van der Waals surface area (Å²) in [4.78, 5) is 62.2. The van der Waals surface area contributed by atoms with Crippen molar-refractivity contribution in [2.45, 2.75) is 78.6 Å². The van der Waals surface area contributed by atoms with Crippen LogP contribution in [0, 0.1) is 0 Å². The van der Waals surface area contributed by atoms with Crippen LogP contribution in [0.2, 0.25) is 0 Å². The number of nitrogens with one attached hydrogen (secondary N) is 1. The van der Waals surface area contributed by atoms with Gasteiger partial charge in [0, 0.05) is 33.8 Å². The molecule has 1 aromatic carbocycles. The largest absolute Gasteiger partial charge is 0.444 e. The number of amides is 2. The average molecular weight is 641 g/mol. The molecule has 2 aromatic heterocycles. The molecule has 0 atom stereocenters. The molecule has 2 heterocycles. The molecule has 252 valence electrons. The van der Waals surface area contributed by atoms with Crippen LogP contribution in [-0.4, -0.2) is 75.7 Å². The summed E-state index contributed by atoms with van der Waals surface area (Å²) in [6.07, 6.45) is 6.83. The van der Waals surface area contributed by atoms with Crippen molar-refractivity contribution in [3.05, 3.63) is 70.9 Å². The van der Waals surface area contributed by atoms with Crippen LogP contribution in [0.1, 0.15) is 66.6 Å². The summed E-state index contributed by atoms with van der Waals surface area (Å²) in [7, 11) is 5.10. The van der Waals surface area contributed by atoms with E-state index in [2.05, 4.69) is 15.0 Å². The normalized spacial score (nSPS) is 11.1. The van der Waals surface area contributed by atoms with Gasteiger partial charge in [0.25, 0.3) is 5.56 Å². The minimum atomic E-state index is -0.725. The first-order valence-electron chi connectivity index (χ1n) is 14.8. The summed E-state index contributed by atoms with van der Waals surface area (Å²) in [6, 6.07) is 10.8. The van der Waals surface area contributed by atoms with Crippen LogP contribution in [0.25, 0.3) is 11.0 Å². The molecule has 0 aliphatic heterocycles. The molecule has 0 aliphatic rings. The van der Waals surface area contributed by atoms with Gasteiger partial charge in [-0.15, -0.1) is 0 Å². The molecule has 0 saturated heterocycles. The number of hydrogen-bond donors (Lipinski definition) is 2. The van der Waals surface area contributed by atoms with Gasteiger partial charge in [0.05, 0.1) is 17.6 Å². The maximum absolute atomic E-state index is 12.8. The van der Waals surface area contributed by atoms with E-state index in [0.29, 0.717) is 29.0 Å². The highest BCUT2D eigenvalue weighted by molar-refractivity contribution is 5.88. The molecule has 2 amide bonds. The van der Waals surface area contributed by atoms with E-state index in [-0.39, 0.29) is 18.0 Å². The quantitative estimate of drug-likeness (QED) is 0.197. The molecule has 0 unspecified atom stereocenters. The fourth-order valence-electron chi connectivity index (χ4n) is 3.65. The first kappa shape index (κ1) is 39.1. The predicted molar refractivity (Wildman–Crippen MR) is 179 cm³/mol. The number of aldehydes is 1. The van der Waals surface area contributed by atoms with Gasteiger partial charge in [-0.2, -0.15) is 0 Å². The average Bonchev–Trinajstić information content (AvgIpc) is 3.30. The lowest BCUT2D eigenvalue weighted by Crippen LogP contribution is -2.29. The van der Waals surface area contributed by atoms with E-state index in [9.17, 15) is 24.0 Å². The van der Waals surface area contributed by atoms with Gasteiger partial charge >= 0.3 is 12.2 Å². The molecule has 13 nitrogen and oxygen atoms in total. The van der Waals surface area contributed by atoms with Crippen LogP contribution in [0.15, 0.2) is 59.5 Å². The minimum absolute atomic E-state index is 0.0129. The number of allylic oxidation sites excluding steroid dienone is 1. The van der Waals surface area contributed by atoms with Gasteiger partial charge in [-0.05, 0) is 84.7 Å². The van der Waals surface area contributed by atoms with Crippen LogP contribution < -0.4 is 16.6 Å². The third kappa shape index (κ3) is 14.2. The zero-order valence-electron chi connectivity index (χ0n) is 28.3. The van der Waals surface area contributed by atoms with E-state index >= 15 is 0 Å². The number of rotatable bonds is 8. The van der Waals surface area contributed by atoms with Crippen LogP contribution >= 0.6 is 0 Å². The minimum Gasteiger partial charge on any atom is -0.444 e. The molecule has 3 aromatic rings. The lowest BCUT2D eigenvalue weighted by Gasteiger charge is -2.20. The van der Waals surface area contributed by atoms with Gasteiger partial charge in [-0.3, -0.25) is 9.59 Å². The van der Waals surface area contributed by atoms with Crippen molar-refractivity contribution in [3.8, 4) is 0 Å². The molecule has 13 heteroatoms. The number of nitrogens with two attached hydrogens (primary N) is 1. The standard InChI is InChI=1S/C19H22N4O3.C9H15NO2.C5H11NO2/c1-19(2,3)26-18(25)23-15-10-6-5-8-13(15)21-16(23)12-22-11-7-9-14(20-4)17(22)24;1-10(2)9(12)7-5-3-4-6-8-11;1-5(2,3)8-4(6)7/h5-11,20H,12H2,1-4H3;5,7-8H,3-4,6H2,1-2H3;1-3H3,(H2,6,7)/b;7-5+;. The second-order valence-electron chi connectivity index (χ2n) is 12.2. The second-order valence-corrected chi connectivity index (χ2v) is 12.2. The third-order valence-corrected chi connectivity index (χ3v) is 5.61. The topological polar surface area (TPSA) is 168 Å². The predicted octanol–water partition coefficient (Wildman–Crippen LogP) is 4.95. The van der Waals surface area contributed by atoms with Crippen LogP contribution in [0.5, 0.6) is 0 Å². The summed E-state index contributed by atoms with van der Waals surface area (Å²) >= 11 is 0. The summed E-state index contributed by atoms with van der Waals surface area (Å²) in [5.41, 5.74) is 5.25. The number of primary amides is 1.